The second kappa shape index (κ2) is 10.7. The summed E-state index contributed by atoms with van der Waals surface area (Å²) < 4.78 is 34.1. The van der Waals surface area contributed by atoms with Crippen molar-refractivity contribution in [2.24, 2.45) is 0 Å². The molecule has 0 aliphatic heterocycles. The molecule has 0 bridgehead atoms. The average Bonchev–Trinajstić information content (AvgIpc) is 2.80. The summed E-state index contributed by atoms with van der Waals surface area (Å²) in [5.74, 6) is -0.0719. The predicted molar refractivity (Wildman–Crippen MR) is 129 cm³/mol. The highest BCUT2D eigenvalue weighted by Crippen LogP contribution is 2.30. The molecule has 1 amide bonds. The Labute approximate surface area is 198 Å². The Morgan fingerprint density at radius 1 is 1.15 bits per heavy atom. The number of nitrogens with one attached hydrogen (secondary N) is 1. The van der Waals surface area contributed by atoms with E-state index >= 15 is 0 Å². The van der Waals surface area contributed by atoms with E-state index in [1.807, 2.05) is 13.8 Å². The zero-order valence-electron chi connectivity index (χ0n) is 19.7. The van der Waals surface area contributed by atoms with Gasteiger partial charge in [-0.2, -0.15) is 4.31 Å². The van der Waals surface area contributed by atoms with Crippen molar-refractivity contribution in [3.05, 3.63) is 52.8 Å². The molecule has 11 heteroatoms. The van der Waals surface area contributed by atoms with E-state index < -0.39 is 15.9 Å². The SMILES string of the molecule is CCN(CC)S(=O)(=O)c1ccc(OC(C)C)c(NC(=O)CCn2nnc3ccccc3c2=O)c1. The molecule has 0 atom stereocenters. The van der Waals surface area contributed by atoms with Gasteiger partial charge in [-0.3, -0.25) is 9.59 Å². The highest BCUT2D eigenvalue weighted by atomic mass is 32.2. The van der Waals surface area contributed by atoms with Crippen LogP contribution < -0.4 is 15.6 Å². The first-order valence-electron chi connectivity index (χ1n) is 11.1. The molecule has 1 N–H and O–H groups in total. The average molecular weight is 488 g/mol. The molecule has 0 fully saturated rings. The maximum absolute atomic E-state index is 12.9. The summed E-state index contributed by atoms with van der Waals surface area (Å²) in [5.41, 5.74) is 0.383. The third-order valence-corrected chi connectivity index (χ3v) is 7.16. The van der Waals surface area contributed by atoms with Crippen molar-refractivity contribution >= 4 is 32.5 Å². The molecule has 1 heterocycles. The molecule has 0 aliphatic carbocycles. The van der Waals surface area contributed by atoms with E-state index in [4.69, 9.17) is 4.74 Å². The van der Waals surface area contributed by atoms with Crippen LogP contribution in [0.4, 0.5) is 5.69 Å². The number of hydrogen-bond donors (Lipinski definition) is 1. The number of aryl methyl sites for hydroxylation is 1. The normalized spacial score (nSPS) is 11.8. The van der Waals surface area contributed by atoms with Crippen molar-refractivity contribution in [1.29, 1.82) is 0 Å². The van der Waals surface area contributed by atoms with E-state index in [0.29, 0.717) is 29.7 Å². The molecule has 182 valence electrons. The number of aromatic nitrogens is 3. The molecule has 10 nitrogen and oxygen atoms in total. The smallest absolute Gasteiger partial charge is 0.277 e. The number of hydrogen-bond acceptors (Lipinski definition) is 7. The van der Waals surface area contributed by atoms with Crippen LogP contribution in [0.5, 0.6) is 5.75 Å². The van der Waals surface area contributed by atoms with E-state index in [1.165, 1.54) is 22.5 Å². The summed E-state index contributed by atoms with van der Waals surface area (Å²) in [6.07, 6.45) is -0.256. The number of fused-ring (bicyclic) bond motifs is 1. The van der Waals surface area contributed by atoms with Crippen LogP contribution in [0.25, 0.3) is 10.9 Å². The lowest BCUT2D eigenvalue weighted by atomic mass is 10.2. The third kappa shape index (κ3) is 5.60. The van der Waals surface area contributed by atoms with Crippen LogP contribution in [0, 0.1) is 0 Å². The molecule has 0 aliphatic rings. The number of sulfonamides is 1. The van der Waals surface area contributed by atoms with Gasteiger partial charge in [0.2, 0.25) is 15.9 Å². The van der Waals surface area contributed by atoms with Gasteiger partial charge in [-0.05, 0) is 44.2 Å². The lowest BCUT2D eigenvalue weighted by Crippen LogP contribution is -2.30. The maximum atomic E-state index is 12.9. The Morgan fingerprint density at radius 2 is 1.85 bits per heavy atom. The van der Waals surface area contributed by atoms with Crippen LogP contribution in [0.3, 0.4) is 0 Å². The van der Waals surface area contributed by atoms with Crippen molar-refractivity contribution in [3.8, 4) is 5.75 Å². The number of rotatable bonds is 10. The van der Waals surface area contributed by atoms with Crippen LogP contribution in [0.15, 0.2) is 52.2 Å². The number of benzene rings is 2. The van der Waals surface area contributed by atoms with Gasteiger partial charge in [-0.15, -0.1) is 5.10 Å². The highest BCUT2D eigenvalue weighted by molar-refractivity contribution is 7.89. The first-order valence-corrected chi connectivity index (χ1v) is 12.5. The Balaban J connectivity index is 1.83. The molecule has 2 aromatic carbocycles. The first kappa shape index (κ1) is 25.3. The number of anilines is 1. The predicted octanol–water partition coefficient (Wildman–Crippen LogP) is 2.64. The minimum Gasteiger partial charge on any atom is -0.489 e. The molecule has 3 rings (SSSR count). The van der Waals surface area contributed by atoms with Crippen LogP contribution in [-0.2, 0) is 21.4 Å². The largest absolute Gasteiger partial charge is 0.489 e. The monoisotopic (exact) mass is 487 g/mol. The number of amides is 1. The van der Waals surface area contributed by atoms with Gasteiger partial charge in [-0.25, -0.2) is 13.1 Å². The molecule has 1 aromatic heterocycles. The van der Waals surface area contributed by atoms with E-state index in [0.717, 1.165) is 4.68 Å². The number of carbonyl (C=O) groups excluding carboxylic acids is 1. The number of ether oxygens (including phenoxy) is 1. The topological polar surface area (TPSA) is 123 Å². The zero-order valence-corrected chi connectivity index (χ0v) is 20.5. The second-order valence-corrected chi connectivity index (χ2v) is 9.78. The summed E-state index contributed by atoms with van der Waals surface area (Å²) >= 11 is 0. The molecule has 0 unspecified atom stereocenters. The van der Waals surface area contributed by atoms with Crippen molar-refractivity contribution in [2.75, 3.05) is 18.4 Å². The van der Waals surface area contributed by atoms with Gasteiger partial charge in [-0.1, -0.05) is 31.2 Å². The van der Waals surface area contributed by atoms with E-state index in [2.05, 4.69) is 15.6 Å². The van der Waals surface area contributed by atoms with Crippen LogP contribution in [0.2, 0.25) is 0 Å². The molecule has 0 spiro atoms. The highest BCUT2D eigenvalue weighted by Gasteiger charge is 2.23. The lowest BCUT2D eigenvalue weighted by molar-refractivity contribution is -0.116. The van der Waals surface area contributed by atoms with Gasteiger partial charge >= 0.3 is 0 Å². The molecule has 0 radical (unpaired) electrons. The molecule has 34 heavy (non-hydrogen) atoms. The number of nitrogens with zero attached hydrogens (tertiary/aromatic N) is 4. The summed E-state index contributed by atoms with van der Waals surface area (Å²) in [4.78, 5) is 25.4. The fourth-order valence-corrected chi connectivity index (χ4v) is 4.91. The Morgan fingerprint density at radius 3 is 2.53 bits per heavy atom. The molecular formula is C23H29N5O5S. The third-order valence-electron chi connectivity index (χ3n) is 5.11. The Hall–Kier alpha value is -3.31. The van der Waals surface area contributed by atoms with E-state index in [9.17, 15) is 18.0 Å². The van der Waals surface area contributed by atoms with E-state index in [-0.39, 0.29) is 35.2 Å². The van der Waals surface area contributed by atoms with Crippen molar-refractivity contribution in [3.63, 3.8) is 0 Å². The van der Waals surface area contributed by atoms with Gasteiger partial charge in [0.15, 0.2) is 0 Å². The van der Waals surface area contributed by atoms with Gasteiger partial charge in [0.1, 0.15) is 11.3 Å². The van der Waals surface area contributed by atoms with Gasteiger partial charge in [0.05, 0.1) is 28.6 Å². The summed E-state index contributed by atoms with van der Waals surface area (Å²) in [7, 11) is -3.72. The van der Waals surface area contributed by atoms with Gasteiger partial charge in [0.25, 0.3) is 5.56 Å². The fourth-order valence-electron chi connectivity index (χ4n) is 3.43. The zero-order chi connectivity index (χ0) is 24.9. The van der Waals surface area contributed by atoms with Crippen LogP contribution in [0.1, 0.15) is 34.1 Å². The quantitative estimate of drug-likeness (QED) is 0.466. The minimum absolute atomic E-state index is 0.0142. The van der Waals surface area contributed by atoms with Crippen molar-refractivity contribution in [1.82, 2.24) is 19.3 Å². The fraction of sp³-hybridized carbons (Fsp3) is 0.391. The van der Waals surface area contributed by atoms with Gasteiger partial charge in [0, 0.05) is 19.5 Å². The maximum Gasteiger partial charge on any atom is 0.277 e. The standard InChI is InChI=1S/C23H29N5O5S/c1-5-27(6-2)34(31,32)17-11-12-21(33-16(3)4)20(15-17)24-22(29)13-14-28-23(30)18-9-7-8-10-19(18)25-26-28/h7-12,15-16H,5-6,13-14H2,1-4H3,(H,24,29). The van der Waals surface area contributed by atoms with Gasteiger partial charge < -0.3 is 10.1 Å². The van der Waals surface area contributed by atoms with Crippen LogP contribution in [-0.4, -0.2) is 52.8 Å². The molecular weight excluding hydrogens is 458 g/mol. The van der Waals surface area contributed by atoms with Crippen LogP contribution >= 0.6 is 0 Å². The Kier molecular flexibility index (Phi) is 8.00. The summed E-state index contributed by atoms with van der Waals surface area (Å²) in [6.45, 7) is 7.85. The first-order chi connectivity index (χ1) is 16.2. The lowest BCUT2D eigenvalue weighted by Gasteiger charge is -2.20. The molecule has 3 aromatic rings. The number of carbonyl (C=O) groups is 1. The second-order valence-electron chi connectivity index (χ2n) is 7.85. The van der Waals surface area contributed by atoms with E-state index in [1.54, 1.807) is 38.1 Å². The summed E-state index contributed by atoms with van der Waals surface area (Å²) in [6, 6.07) is 11.2. The summed E-state index contributed by atoms with van der Waals surface area (Å²) in [5, 5.41) is 11.0. The van der Waals surface area contributed by atoms with Crippen molar-refractivity contribution in [2.45, 2.75) is 51.7 Å². The molecule has 0 saturated carbocycles. The molecule has 0 saturated heterocycles. The minimum atomic E-state index is -3.72. The Bertz CT molecular complexity index is 1330. The van der Waals surface area contributed by atoms with Crippen molar-refractivity contribution < 1.29 is 17.9 Å².